The average Bonchev–Trinajstić information content (AvgIpc) is 2.83. The molecule has 0 unspecified atom stereocenters. The van der Waals surface area contributed by atoms with Gasteiger partial charge in [0.15, 0.2) is 0 Å². The van der Waals surface area contributed by atoms with Crippen molar-refractivity contribution in [2.45, 2.75) is 29.5 Å². The zero-order valence-electron chi connectivity index (χ0n) is 9.69. The predicted molar refractivity (Wildman–Crippen MR) is 63.3 cm³/mol. The summed E-state index contributed by atoms with van der Waals surface area (Å²) in [7, 11) is 0. The van der Waals surface area contributed by atoms with Gasteiger partial charge in [-0.15, -0.1) is 0 Å². The van der Waals surface area contributed by atoms with Crippen molar-refractivity contribution in [2.75, 3.05) is 0 Å². The van der Waals surface area contributed by atoms with Gasteiger partial charge in [-0.1, -0.05) is 34.8 Å². The Bertz CT molecular complexity index is 465. The number of carbonyl (C=O) groups excluding carboxylic acids is 2. The van der Waals surface area contributed by atoms with E-state index < -0.39 is 43.8 Å². The van der Waals surface area contributed by atoms with E-state index >= 15 is 0 Å². The summed E-state index contributed by atoms with van der Waals surface area (Å²) in [6.07, 6.45) is 0. The van der Waals surface area contributed by atoms with Crippen LogP contribution in [0.3, 0.4) is 0 Å². The average molecular weight is 333 g/mol. The molecule has 1 aliphatic heterocycles. The van der Waals surface area contributed by atoms with Crippen molar-refractivity contribution < 1.29 is 24.0 Å². The lowest BCUT2D eigenvalue weighted by Gasteiger charge is -2.33. The number of esters is 2. The van der Waals surface area contributed by atoms with Gasteiger partial charge in [-0.2, -0.15) is 0 Å². The van der Waals surface area contributed by atoms with Crippen LogP contribution < -0.4 is 0 Å². The van der Waals surface area contributed by atoms with E-state index in [-0.39, 0.29) is 0 Å². The lowest BCUT2D eigenvalue weighted by molar-refractivity contribution is -0.503. The molecule has 0 aromatic heterocycles. The Morgan fingerprint density at radius 1 is 1.21 bits per heavy atom. The Balaban J connectivity index is 2.46. The molecule has 1 aliphatic carbocycles. The molecule has 7 nitrogen and oxygen atoms in total. The summed E-state index contributed by atoms with van der Waals surface area (Å²) in [4.78, 5) is 34.1. The number of nitro groups is 1. The third kappa shape index (κ3) is 1.95. The van der Waals surface area contributed by atoms with Gasteiger partial charge in [0.25, 0.3) is 5.79 Å². The molecule has 2 aliphatic rings. The van der Waals surface area contributed by atoms with Gasteiger partial charge in [-0.25, -0.2) is 0 Å². The first-order valence-corrected chi connectivity index (χ1v) is 6.25. The summed E-state index contributed by atoms with van der Waals surface area (Å²) in [5.41, 5.74) is -2.18. The standard InChI is InChI=1S/C9H8Cl3NO6/c1-7(2)18-5(14)8(6(15)19-7)3(9(10,11)12)4(8)13(16)17/h3-4H,1-2H3/t3-,4-/m1/s1. The molecule has 106 valence electrons. The van der Waals surface area contributed by atoms with E-state index in [0.717, 1.165) is 0 Å². The summed E-state index contributed by atoms with van der Waals surface area (Å²) in [5, 5.41) is 11.0. The Labute approximate surface area is 122 Å². The number of rotatable bonds is 1. The second-order valence-corrected chi connectivity index (χ2v) is 7.17. The highest BCUT2D eigenvalue weighted by molar-refractivity contribution is 6.68. The minimum atomic E-state index is -2.18. The summed E-state index contributed by atoms with van der Waals surface area (Å²) < 4.78 is 7.58. The van der Waals surface area contributed by atoms with Crippen LogP contribution in [0.25, 0.3) is 0 Å². The lowest BCUT2D eigenvalue weighted by Crippen LogP contribution is -2.50. The molecule has 2 rings (SSSR count). The van der Waals surface area contributed by atoms with Crippen molar-refractivity contribution in [3.8, 4) is 0 Å². The van der Waals surface area contributed by atoms with Crippen LogP contribution in [0.1, 0.15) is 13.8 Å². The second kappa shape index (κ2) is 3.86. The van der Waals surface area contributed by atoms with Crippen molar-refractivity contribution in [1.29, 1.82) is 0 Å². The van der Waals surface area contributed by atoms with Crippen molar-refractivity contribution in [1.82, 2.24) is 0 Å². The highest BCUT2D eigenvalue weighted by Gasteiger charge is 2.91. The van der Waals surface area contributed by atoms with Crippen LogP contribution in [0.2, 0.25) is 0 Å². The van der Waals surface area contributed by atoms with E-state index in [0.29, 0.717) is 0 Å². The molecule has 1 spiro atoms. The quantitative estimate of drug-likeness (QED) is 0.237. The first-order valence-electron chi connectivity index (χ1n) is 5.11. The van der Waals surface area contributed by atoms with Gasteiger partial charge in [-0.05, 0) is 0 Å². The minimum absolute atomic E-state index is 0.840. The molecule has 1 saturated heterocycles. The summed E-state index contributed by atoms with van der Waals surface area (Å²) in [5.74, 6) is -5.13. The zero-order valence-corrected chi connectivity index (χ0v) is 12.0. The number of hydrogen-bond donors (Lipinski definition) is 0. The fourth-order valence-electron chi connectivity index (χ4n) is 2.31. The maximum absolute atomic E-state index is 12.0. The highest BCUT2D eigenvalue weighted by Crippen LogP contribution is 2.66. The first-order chi connectivity index (χ1) is 8.44. The molecule has 19 heavy (non-hydrogen) atoms. The van der Waals surface area contributed by atoms with Crippen molar-refractivity contribution in [2.24, 2.45) is 11.3 Å². The van der Waals surface area contributed by atoms with Crippen LogP contribution >= 0.6 is 34.8 Å². The van der Waals surface area contributed by atoms with Crippen molar-refractivity contribution >= 4 is 46.7 Å². The maximum Gasteiger partial charge on any atom is 0.334 e. The SMILES string of the molecule is CC1(C)OC(=O)C2(C(=O)O1)[C@H]([N+](=O)[O-])[C@H]2C(Cl)(Cl)Cl. The van der Waals surface area contributed by atoms with E-state index in [1.807, 2.05) is 0 Å². The minimum Gasteiger partial charge on any atom is -0.422 e. The zero-order chi connectivity index (χ0) is 14.8. The largest absolute Gasteiger partial charge is 0.422 e. The van der Waals surface area contributed by atoms with Crippen LogP contribution in [0, 0.1) is 21.4 Å². The number of carbonyl (C=O) groups is 2. The number of halogens is 3. The van der Waals surface area contributed by atoms with Crippen LogP contribution in [-0.4, -0.2) is 32.5 Å². The van der Waals surface area contributed by atoms with E-state index in [1.165, 1.54) is 13.8 Å². The molecule has 0 aromatic carbocycles. The van der Waals surface area contributed by atoms with E-state index in [4.69, 9.17) is 44.3 Å². The van der Waals surface area contributed by atoms with Gasteiger partial charge in [0.1, 0.15) is 5.92 Å². The van der Waals surface area contributed by atoms with E-state index in [2.05, 4.69) is 0 Å². The van der Waals surface area contributed by atoms with Gasteiger partial charge in [0.05, 0.1) is 0 Å². The molecule has 0 amide bonds. The molecule has 0 radical (unpaired) electrons. The Morgan fingerprint density at radius 3 is 1.89 bits per heavy atom. The monoisotopic (exact) mass is 331 g/mol. The molecule has 2 atom stereocenters. The van der Waals surface area contributed by atoms with Crippen molar-refractivity contribution in [3.05, 3.63) is 10.1 Å². The molecule has 0 bridgehead atoms. The van der Waals surface area contributed by atoms with Gasteiger partial charge < -0.3 is 9.47 Å². The van der Waals surface area contributed by atoms with E-state index in [1.54, 1.807) is 0 Å². The van der Waals surface area contributed by atoms with Gasteiger partial charge >= 0.3 is 11.9 Å². The number of alkyl halides is 3. The molecule has 2 fully saturated rings. The van der Waals surface area contributed by atoms with Crippen LogP contribution in [0.5, 0.6) is 0 Å². The maximum atomic E-state index is 12.0. The number of hydrogen-bond acceptors (Lipinski definition) is 6. The predicted octanol–water partition coefficient (Wildman–Crippen LogP) is 1.45. The summed E-state index contributed by atoms with van der Waals surface area (Å²) in [6.45, 7) is 2.65. The van der Waals surface area contributed by atoms with Crippen molar-refractivity contribution in [3.63, 3.8) is 0 Å². The molecule has 0 N–H and O–H groups in total. The number of ether oxygens (including phenoxy) is 2. The van der Waals surface area contributed by atoms with Gasteiger partial charge in [0, 0.05) is 18.8 Å². The Kier molecular flexibility index (Phi) is 2.97. The topological polar surface area (TPSA) is 95.7 Å². The number of cyclic esters (lactones) is 2. The molecule has 0 aromatic rings. The highest BCUT2D eigenvalue weighted by atomic mass is 35.6. The molecule has 1 heterocycles. The lowest BCUT2D eigenvalue weighted by atomic mass is 10.0. The third-order valence-electron chi connectivity index (χ3n) is 3.10. The third-order valence-corrected chi connectivity index (χ3v) is 3.80. The molecular formula is C9H8Cl3NO6. The Hall–Kier alpha value is -0.790. The normalized spacial score (nSPS) is 31.6. The molecule has 1 saturated carbocycles. The second-order valence-electron chi connectivity index (χ2n) is 4.80. The van der Waals surface area contributed by atoms with Gasteiger partial charge in [0.2, 0.25) is 15.2 Å². The first kappa shape index (κ1) is 14.6. The van der Waals surface area contributed by atoms with Crippen LogP contribution in [0.4, 0.5) is 0 Å². The Morgan fingerprint density at radius 2 is 1.63 bits per heavy atom. The van der Waals surface area contributed by atoms with Gasteiger partial charge in [-0.3, -0.25) is 19.7 Å². The molecule has 10 heteroatoms. The fourth-order valence-corrected chi connectivity index (χ4v) is 3.18. The van der Waals surface area contributed by atoms with E-state index in [9.17, 15) is 19.7 Å². The number of nitrogens with zero attached hydrogens (tertiary/aromatic N) is 1. The van der Waals surface area contributed by atoms with Crippen LogP contribution in [0.15, 0.2) is 0 Å². The smallest absolute Gasteiger partial charge is 0.334 e. The van der Waals surface area contributed by atoms with Crippen LogP contribution in [-0.2, 0) is 19.1 Å². The fraction of sp³-hybridized carbons (Fsp3) is 0.778. The summed E-state index contributed by atoms with van der Waals surface area (Å²) >= 11 is 16.8. The summed E-state index contributed by atoms with van der Waals surface area (Å²) in [6, 6.07) is -1.67. The molecular weight excluding hydrogens is 324 g/mol.